The number of ether oxygens (including phenoxy) is 1. The molecule has 1 saturated heterocycles. The van der Waals surface area contributed by atoms with E-state index >= 15 is 0 Å². The number of hydrogen-bond acceptors (Lipinski definition) is 5. The maximum Gasteiger partial charge on any atom is 0.229 e. The van der Waals surface area contributed by atoms with Gasteiger partial charge in [-0.25, -0.2) is 0 Å². The summed E-state index contributed by atoms with van der Waals surface area (Å²) in [6.45, 7) is 1.72. The maximum atomic E-state index is 5.46. The summed E-state index contributed by atoms with van der Waals surface area (Å²) in [6.07, 6.45) is 6.73. The van der Waals surface area contributed by atoms with Crippen LogP contribution in [-0.4, -0.2) is 36.4 Å². The van der Waals surface area contributed by atoms with E-state index < -0.39 is 0 Å². The van der Waals surface area contributed by atoms with Crippen LogP contribution in [0.2, 0.25) is 0 Å². The van der Waals surface area contributed by atoms with Crippen LogP contribution in [0.15, 0.2) is 4.52 Å². The van der Waals surface area contributed by atoms with E-state index in [-0.39, 0.29) is 0 Å². The lowest BCUT2D eigenvalue weighted by Crippen LogP contribution is -2.29. The lowest BCUT2D eigenvalue weighted by molar-refractivity contribution is 0.185. The van der Waals surface area contributed by atoms with Crippen LogP contribution in [0.1, 0.15) is 49.7 Å². The Kier molecular flexibility index (Phi) is 4.13. The highest BCUT2D eigenvalue weighted by Gasteiger charge is 2.26. The van der Waals surface area contributed by atoms with Gasteiger partial charge in [0.1, 0.15) is 0 Å². The van der Waals surface area contributed by atoms with E-state index in [1.165, 1.54) is 12.8 Å². The summed E-state index contributed by atoms with van der Waals surface area (Å²) < 4.78 is 10.8. The van der Waals surface area contributed by atoms with Crippen LogP contribution < -0.4 is 5.32 Å². The van der Waals surface area contributed by atoms with E-state index in [4.69, 9.17) is 9.26 Å². The molecular weight excluding hydrogens is 242 g/mol. The van der Waals surface area contributed by atoms with Gasteiger partial charge in [-0.2, -0.15) is 4.98 Å². The minimum Gasteiger partial charge on any atom is -0.381 e. The van der Waals surface area contributed by atoms with Gasteiger partial charge < -0.3 is 14.6 Å². The van der Waals surface area contributed by atoms with E-state index in [0.29, 0.717) is 17.9 Å². The fraction of sp³-hybridized carbons (Fsp3) is 0.857. The van der Waals surface area contributed by atoms with Gasteiger partial charge in [0.15, 0.2) is 5.82 Å². The standard InChI is InChI=1S/C14H23N3O2/c1-15-12-4-2-11(3-5-12)14-16-13(17-19-14)8-10-6-7-18-9-10/h10-12,15H,2-9H2,1H3. The number of hydrogen-bond donors (Lipinski definition) is 1. The second kappa shape index (κ2) is 6.01. The summed E-state index contributed by atoms with van der Waals surface area (Å²) in [5, 5.41) is 7.49. The van der Waals surface area contributed by atoms with Crippen molar-refractivity contribution >= 4 is 0 Å². The van der Waals surface area contributed by atoms with Crippen molar-refractivity contribution in [1.29, 1.82) is 0 Å². The molecule has 1 unspecified atom stereocenters. The molecule has 1 aliphatic carbocycles. The highest BCUT2D eigenvalue weighted by molar-refractivity contribution is 4.98. The van der Waals surface area contributed by atoms with Crippen molar-refractivity contribution in [3.05, 3.63) is 11.7 Å². The first kappa shape index (κ1) is 13.1. The molecule has 1 aromatic rings. The molecule has 19 heavy (non-hydrogen) atoms. The summed E-state index contributed by atoms with van der Waals surface area (Å²) in [7, 11) is 2.04. The predicted molar refractivity (Wildman–Crippen MR) is 71.0 cm³/mol. The zero-order chi connectivity index (χ0) is 13.1. The molecule has 1 N–H and O–H groups in total. The second-order valence-corrected chi connectivity index (χ2v) is 5.82. The zero-order valence-electron chi connectivity index (χ0n) is 11.6. The van der Waals surface area contributed by atoms with Crippen LogP contribution in [-0.2, 0) is 11.2 Å². The minimum absolute atomic E-state index is 0.464. The third-order valence-electron chi connectivity index (χ3n) is 4.46. The molecule has 1 aliphatic heterocycles. The molecule has 1 atom stereocenters. The second-order valence-electron chi connectivity index (χ2n) is 5.82. The van der Waals surface area contributed by atoms with Gasteiger partial charge in [-0.05, 0) is 45.1 Å². The van der Waals surface area contributed by atoms with Crippen LogP contribution in [0.3, 0.4) is 0 Å². The largest absolute Gasteiger partial charge is 0.381 e. The minimum atomic E-state index is 0.464. The molecule has 2 fully saturated rings. The lowest BCUT2D eigenvalue weighted by Gasteiger charge is -2.25. The third-order valence-corrected chi connectivity index (χ3v) is 4.46. The molecule has 0 spiro atoms. The monoisotopic (exact) mass is 265 g/mol. The van der Waals surface area contributed by atoms with Gasteiger partial charge in [0.2, 0.25) is 5.89 Å². The van der Waals surface area contributed by atoms with Crippen molar-refractivity contribution < 1.29 is 9.26 Å². The zero-order valence-corrected chi connectivity index (χ0v) is 11.6. The highest BCUT2D eigenvalue weighted by atomic mass is 16.5. The Morgan fingerprint density at radius 2 is 2.05 bits per heavy atom. The summed E-state index contributed by atoms with van der Waals surface area (Å²) >= 11 is 0. The third kappa shape index (κ3) is 3.15. The van der Waals surface area contributed by atoms with Crippen LogP contribution in [0.25, 0.3) is 0 Å². The van der Waals surface area contributed by atoms with Crippen molar-refractivity contribution in [1.82, 2.24) is 15.5 Å². The molecule has 2 heterocycles. The van der Waals surface area contributed by atoms with E-state index in [1.807, 2.05) is 7.05 Å². The topological polar surface area (TPSA) is 60.2 Å². The maximum absolute atomic E-state index is 5.46. The summed E-state index contributed by atoms with van der Waals surface area (Å²) in [5.74, 6) is 2.75. The van der Waals surface area contributed by atoms with Crippen LogP contribution >= 0.6 is 0 Å². The number of aromatic nitrogens is 2. The fourth-order valence-electron chi connectivity index (χ4n) is 3.15. The highest BCUT2D eigenvalue weighted by Crippen LogP contribution is 2.32. The molecule has 1 aromatic heterocycles. The van der Waals surface area contributed by atoms with Gasteiger partial charge in [0, 0.05) is 31.6 Å². The van der Waals surface area contributed by atoms with Gasteiger partial charge in [-0.1, -0.05) is 5.16 Å². The Labute approximate surface area is 114 Å². The SMILES string of the molecule is CNC1CCC(c2nc(CC3CCOC3)no2)CC1. The molecule has 0 aromatic carbocycles. The van der Waals surface area contributed by atoms with Crippen molar-refractivity contribution in [2.75, 3.05) is 20.3 Å². The van der Waals surface area contributed by atoms with Crippen LogP contribution in [0.4, 0.5) is 0 Å². The molecule has 1 saturated carbocycles. The molecule has 2 aliphatic rings. The molecule has 5 nitrogen and oxygen atoms in total. The molecule has 3 rings (SSSR count). The fourth-order valence-corrected chi connectivity index (χ4v) is 3.15. The first-order valence-corrected chi connectivity index (χ1v) is 7.42. The summed E-state index contributed by atoms with van der Waals surface area (Å²) in [4.78, 5) is 4.59. The molecule has 106 valence electrons. The molecular formula is C14H23N3O2. The molecule has 5 heteroatoms. The number of rotatable bonds is 4. The quantitative estimate of drug-likeness (QED) is 0.901. The van der Waals surface area contributed by atoms with Gasteiger partial charge in [-0.3, -0.25) is 0 Å². The van der Waals surface area contributed by atoms with Gasteiger partial charge >= 0.3 is 0 Å². The van der Waals surface area contributed by atoms with Crippen molar-refractivity contribution in [3.63, 3.8) is 0 Å². The van der Waals surface area contributed by atoms with E-state index in [1.54, 1.807) is 0 Å². The summed E-state index contributed by atoms with van der Waals surface area (Å²) in [5.41, 5.74) is 0. The first-order chi connectivity index (χ1) is 9.35. The molecule has 0 amide bonds. The summed E-state index contributed by atoms with van der Waals surface area (Å²) in [6, 6.07) is 0.661. The molecule has 0 bridgehead atoms. The lowest BCUT2D eigenvalue weighted by atomic mass is 9.86. The Morgan fingerprint density at radius 1 is 1.21 bits per heavy atom. The predicted octanol–water partition coefficient (Wildman–Crippen LogP) is 1.89. The first-order valence-electron chi connectivity index (χ1n) is 7.42. The van der Waals surface area contributed by atoms with E-state index in [2.05, 4.69) is 15.5 Å². The van der Waals surface area contributed by atoms with Gasteiger partial charge in [-0.15, -0.1) is 0 Å². The Morgan fingerprint density at radius 3 is 2.74 bits per heavy atom. The number of nitrogens with one attached hydrogen (secondary N) is 1. The van der Waals surface area contributed by atoms with Gasteiger partial charge in [0.25, 0.3) is 0 Å². The Balaban J connectivity index is 1.55. The Hall–Kier alpha value is -0.940. The number of nitrogens with zero attached hydrogens (tertiary/aromatic N) is 2. The van der Waals surface area contributed by atoms with E-state index in [9.17, 15) is 0 Å². The normalized spacial score (nSPS) is 31.7. The van der Waals surface area contributed by atoms with Crippen molar-refractivity contribution in [2.45, 2.75) is 50.5 Å². The van der Waals surface area contributed by atoms with E-state index in [0.717, 1.165) is 50.6 Å². The molecule has 0 radical (unpaired) electrons. The average Bonchev–Trinajstić information content (AvgIpc) is 3.11. The van der Waals surface area contributed by atoms with Crippen molar-refractivity contribution in [3.8, 4) is 0 Å². The average molecular weight is 265 g/mol. The van der Waals surface area contributed by atoms with Gasteiger partial charge in [0.05, 0.1) is 0 Å². The van der Waals surface area contributed by atoms with Crippen molar-refractivity contribution in [2.24, 2.45) is 5.92 Å². The smallest absolute Gasteiger partial charge is 0.229 e. The van der Waals surface area contributed by atoms with Crippen LogP contribution in [0, 0.1) is 5.92 Å². The van der Waals surface area contributed by atoms with Crippen LogP contribution in [0.5, 0.6) is 0 Å². The Bertz CT molecular complexity index is 393.